The Labute approximate surface area is 150 Å². The van der Waals surface area contributed by atoms with Gasteiger partial charge in [0.05, 0.1) is 6.42 Å². The Morgan fingerprint density at radius 1 is 1.32 bits per heavy atom. The van der Waals surface area contributed by atoms with Crippen molar-refractivity contribution in [2.45, 2.75) is 24.5 Å². The van der Waals surface area contributed by atoms with E-state index in [0.29, 0.717) is 5.56 Å². The molecule has 9 heteroatoms. The van der Waals surface area contributed by atoms with Gasteiger partial charge in [0.1, 0.15) is 4.21 Å². The predicted molar refractivity (Wildman–Crippen MR) is 94.3 cm³/mol. The lowest BCUT2D eigenvalue weighted by atomic mass is 10.1. The van der Waals surface area contributed by atoms with Crippen LogP contribution in [-0.4, -0.2) is 37.9 Å². The zero-order valence-electron chi connectivity index (χ0n) is 14.2. The molecule has 0 aliphatic rings. The van der Waals surface area contributed by atoms with Crippen molar-refractivity contribution < 1.29 is 22.7 Å². The molecule has 0 saturated heterocycles. The molecular weight excluding hydrogens is 364 g/mol. The lowest BCUT2D eigenvalue weighted by Gasteiger charge is -2.06. The maximum atomic E-state index is 12.1. The van der Waals surface area contributed by atoms with E-state index in [1.54, 1.807) is 17.5 Å². The number of esters is 1. The average molecular weight is 384 g/mol. The van der Waals surface area contributed by atoms with Gasteiger partial charge in [0, 0.05) is 30.5 Å². The molecule has 0 amide bonds. The van der Waals surface area contributed by atoms with Gasteiger partial charge in [-0.2, -0.15) is 0 Å². The molecule has 2 rings (SSSR count). The second-order valence-electron chi connectivity index (χ2n) is 5.51. The van der Waals surface area contributed by atoms with E-state index in [1.165, 1.54) is 6.07 Å². The number of aromatic nitrogens is 1. The van der Waals surface area contributed by atoms with Crippen molar-refractivity contribution >= 4 is 33.1 Å². The number of carbonyl (C=O) groups is 2. The van der Waals surface area contributed by atoms with E-state index in [1.807, 2.05) is 25.5 Å². The third kappa shape index (κ3) is 4.77. The highest BCUT2D eigenvalue weighted by molar-refractivity contribution is 7.91. The molecule has 0 aromatic carbocycles. The van der Waals surface area contributed by atoms with Gasteiger partial charge in [0.15, 0.2) is 6.61 Å². The molecule has 7 nitrogen and oxygen atoms in total. The van der Waals surface area contributed by atoms with Crippen LogP contribution >= 0.6 is 11.3 Å². The van der Waals surface area contributed by atoms with Crippen molar-refractivity contribution in [1.82, 2.24) is 9.29 Å². The summed E-state index contributed by atoms with van der Waals surface area (Å²) in [6.07, 6.45) is -0.148. The standard InChI is InChI=1S/C16H20N2O5S2/c1-11-9-13(12(2)18(11)3)14(19)10-23-15(20)6-7-17-25(21,22)16-5-4-8-24-16/h4-5,8-9,17H,6-7,10H2,1-3H3. The molecule has 136 valence electrons. The molecule has 0 aliphatic heterocycles. The first kappa shape index (κ1) is 19.4. The van der Waals surface area contributed by atoms with E-state index in [2.05, 4.69) is 4.72 Å². The summed E-state index contributed by atoms with van der Waals surface area (Å²) in [5.74, 6) is -0.916. The van der Waals surface area contributed by atoms with Gasteiger partial charge in [0.2, 0.25) is 15.8 Å². The van der Waals surface area contributed by atoms with Gasteiger partial charge in [-0.15, -0.1) is 11.3 Å². The number of aryl methyl sites for hydroxylation is 1. The predicted octanol–water partition coefficient (Wildman–Crippen LogP) is 1.80. The largest absolute Gasteiger partial charge is 0.457 e. The zero-order chi connectivity index (χ0) is 18.6. The van der Waals surface area contributed by atoms with Crippen LogP contribution in [0.5, 0.6) is 0 Å². The average Bonchev–Trinajstić information content (AvgIpc) is 3.18. The third-order valence-corrected chi connectivity index (χ3v) is 6.68. The highest BCUT2D eigenvalue weighted by Gasteiger charge is 2.17. The molecule has 0 radical (unpaired) electrons. The molecule has 1 N–H and O–H groups in total. The summed E-state index contributed by atoms with van der Waals surface area (Å²) in [6.45, 7) is 3.26. The fourth-order valence-electron chi connectivity index (χ4n) is 2.21. The number of carbonyl (C=O) groups excluding carboxylic acids is 2. The van der Waals surface area contributed by atoms with Gasteiger partial charge in [-0.25, -0.2) is 13.1 Å². The molecule has 2 aromatic rings. The number of nitrogens with one attached hydrogen (secondary N) is 1. The van der Waals surface area contributed by atoms with Crippen LogP contribution in [0.15, 0.2) is 27.8 Å². The molecule has 25 heavy (non-hydrogen) atoms. The number of sulfonamides is 1. The summed E-state index contributed by atoms with van der Waals surface area (Å²) < 4.78 is 33.1. The quantitative estimate of drug-likeness (QED) is 0.553. The number of rotatable bonds is 8. The Bertz CT molecular complexity index is 867. The van der Waals surface area contributed by atoms with E-state index in [9.17, 15) is 18.0 Å². The summed E-state index contributed by atoms with van der Waals surface area (Å²) >= 11 is 1.09. The fraction of sp³-hybridized carbons (Fsp3) is 0.375. The van der Waals surface area contributed by atoms with Gasteiger partial charge < -0.3 is 9.30 Å². The first-order chi connectivity index (χ1) is 11.7. The zero-order valence-corrected chi connectivity index (χ0v) is 15.9. The third-order valence-electron chi connectivity index (χ3n) is 3.82. The maximum absolute atomic E-state index is 12.1. The lowest BCUT2D eigenvalue weighted by Crippen LogP contribution is -2.26. The van der Waals surface area contributed by atoms with Crippen molar-refractivity contribution in [2.75, 3.05) is 13.2 Å². The highest BCUT2D eigenvalue weighted by Crippen LogP contribution is 2.15. The Morgan fingerprint density at radius 3 is 2.60 bits per heavy atom. The molecule has 0 aliphatic carbocycles. The highest BCUT2D eigenvalue weighted by atomic mass is 32.2. The number of ketones is 1. The minimum Gasteiger partial charge on any atom is -0.457 e. The van der Waals surface area contributed by atoms with E-state index in [4.69, 9.17) is 4.74 Å². The summed E-state index contributed by atoms with van der Waals surface area (Å²) in [6, 6.07) is 4.86. The van der Waals surface area contributed by atoms with Gasteiger partial charge in [-0.3, -0.25) is 9.59 Å². The van der Waals surface area contributed by atoms with Gasteiger partial charge in [-0.1, -0.05) is 6.07 Å². The van der Waals surface area contributed by atoms with Crippen LogP contribution in [0, 0.1) is 13.8 Å². The first-order valence-corrected chi connectivity index (χ1v) is 9.93. The van der Waals surface area contributed by atoms with Crippen LogP contribution < -0.4 is 4.72 Å². The number of hydrogen-bond acceptors (Lipinski definition) is 6. The molecule has 0 atom stereocenters. The Kier molecular flexibility index (Phi) is 6.15. The molecule has 2 heterocycles. The van der Waals surface area contributed by atoms with Crippen molar-refractivity contribution in [1.29, 1.82) is 0 Å². The van der Waals surface area contributed by atoms with Crippen LogP contribution in [0.3, 0.4) is 0 Å². The van der Waals surface area contributed by atoms with Crippen molar-refractivity contribution in [3.8, 4) is 0 Å². The van der Waals surface area contributed by atoms with Crippen LogP contribution in [0.25, 0.3) is 0 Å². The van der Waals surface area contributed by atoms with Crippen molar-refractivity contribution in [3.63, 3.8) is 0 Å². The second kappa shape index (κ2) is 7.94. The van der Waals surface area contributed by atoms with E-state index < -0.39 is 16.0 Å². The summed E-state index contributed by atoms with van der Waals surface area (Å²) in [5, 5.41) is 1.65. The number of ether oxygens (including phenoxy) is 1. The molecule has 0 unspecified atom stereocenters. The Balaban J connectivity index is 1.79. The smallest absolute Gasteiger partial charge is 0.307 e. The summed E-state index contributed by atoms with van der Waals surface area (Å²) in [7, 11) is -1.75. The number of thiophene rings is 1. The molecule has 0 bridgehead atoms. The summed E-state index contributed by atoms with van der Waals surface area (Å²) in [5.41, 5.74) is 2.27. The van der Waals surface area contributed by atoms with Crippen LogP contribution in [0.2, 0.25) is 0 Å². The van der Waals surface area contributed by atoms with Gasteiger partial charge in [-0.05, 0) is 31.4 Å². The minimum absolute atomic E-state index is 0.0866. The SMILES string of the molecule is Cc1cc(C(=O)COC(=O)CCNS(=O)(=O)c2cccs2)c(C)n1C. The molecule has 0 saturated carbocycles. The van der Waals surface area contributed by atoms with Crippen LogP contribution in [0.4, 0.5) is 0 Å². The Morgan fingerprint density at radius 2 is 2.04 bits per heavy atom. The second-order valence-corrected chi connectivity index (χ2v) is 8.45. The molecular formula is C16H20N2O5S2. The monoisotopic (exact) mass is 384 g/mol. The molecule has 2 aromatic heterocycles. The molecule has 0 fully saturated rings. The maximum Gasteiger partial charge on any atom is 0.307 e. The topological polar surface area (TPSA) is 94.5 Å². The van der Waals surface area contributed by atoms with E-state index >= 15 is 0 Å². The van der Waals surface area contributed by atoms with Crippen LogP contribution in [-0.2, 0) is 26.6 Å². The van der Waals surface area contributed by atoms with Gasteiger partial charge in [0.25, 0.3) is 0 Å². The Hall–Kier alpha value is -1.97. The van der Waals surface area contributed by atoms with Crippen LogP contribution in [0.1, 0.15) is 28.2 Å². The van der Waals surface area contributed by atoms with Crippen molar-refractivity contribution in [3.05, 3.63) is 40.5 Å². The lowest BCUT2D eigenvalue weighted by molar-refractivity contribution is -0.142. The van der Waals surface area contributed by atoms with Gasteiger partial charge >= 0.3 is 5.97 Å². The minimum atomic E-state index is -3.60. The van der Waals surface area contributed by atoms with Crippen molar-refractivity contribution in [2.24, 2.45) is 7.05 Å². The summed E-state index contributed by atoms with van der Waals surface area (Å²) in [4.78, 5) is 23.8. The number of Topliss-reactive ketones (excluding diaryl/α,β-unsaturated/α-hetero) is 1. The number of nitrogens with zero attached hydrogens (tertiary/aromatic N) is 1. The van der Waals surface area contributed by atoms with E-state index in [-0.39, 0.29) is 29.6 Å². The fourth-order valence-corrected chi connectivity index (χ4v) is 4.28. The van der Waals surface area contributed by atoms with E-state index in [0.717, 1.165) is 22.7 Å². The number of hydrogen-bond donors (Lipinski definition) is 1. The normalized spacial score (nSPS) is 11.5. The first-order valence-electron chi connectivity index (χ1n) is 7.57. The molecule has 0 spiro atoms.